The Balaban J connectivity index is 1.96. The third kappa shape index (κ3) is 4.07. The summed E-state index contributed by atoms with van der Waals surface area (Å²) in [5.74, 6) is 0.0272. The van der Waals surface area contributed by atoms with Gasteiger partial charge in [0.05, 0.1) is 6.04 Å². The third-order valence-corrected chi connectivity index (χ3v) is 4.08. The lowest BCUT2D eigenvalue weighted by Gasteiger charge is -2.22. The van der Waals surface area contributed by atoms with E-state index in [2.05, 4.69) is 10.6 Å². The van der Waals surface area contributed by atoms with Gasteiger partial charge in [-0.15, -0.1) is 0 Å². The summed E-state index contributed by atoms with van der Waals surface area (Å²) in [6, 6.07) is 7.01. The normalized spacial score (nSPS) is 17.8. The summed E-state index contributed by atoms with van der Waals surface area (Å²) < 4.78 is 0. The molecule has 1 atom stereocenters. The topological polar surface area (TPSA) is 61.4 Å². The van der Waals surface area contributed by atoms with Crippen molar-refractivity contribution in [1.82, 2.24) is 10.2 Å². The van der Waals surface area contributed by atoms with E-state index in [0.717, 1.165) is 31.5 Å². The molecule has 0 spiro atoms. The fraction of sp³-hybridized carbons (Fsp3) is 0.529. The van der Waals surface area contributed by atoms with Crippen molar-refractivity contribution in [2.24, 2.45) is 0 Å². The Kier molecular flexibility index (Phi) is 5.95. The highest BCUT2D eigenvalue weighted by Gasteiger charge is 2.20. The molecule has 0 saturated carbocycles. The van der Waals surface area contributed by atoms with Crippen LogP contribution in [0.25, 0.3) is 0 Å². The maximum Gasteiger partial charge on any atom is 0.253 e. The standard InChI is InChI=1S/C17H25N3O2/c1-3-20(4-2)17(22)13-8-10-14(11-9-13)19-16(21)15-7-5-6-12-18-15/h8-11,15,18H,3-7,12H2,1-2H3,(H,19,21)/t15-/m0/s1. The van der Waals surface area contributed by atoms with Crippen molar-refractivity contribution in [1.29, 1.82) is 0 Å². The lowest BCUT2D eigenvalue weighted by atomic mass is 10.0. The van der Waals surface area contributed by atoms with Crippen molar-refractivity contribution in [2.45, 2.75) is 39.2 Å². The predicted molar refractivity (Wildman–Crippen MR) is 88.0 cm³/mol. The molecule has 2 amide bonds. The lowest BCUT2D eigenvalue weighted by molar-refractivity contribution is -0.118. The van der Waals surface area contributed by atoms with Crippen LogP contribution in [0, 0.1) is 0 Å². The SMILES string of the molecule is CCN(CC)C(=O)c1ccc(NC(=O)[C@@H]2CCCCN2)cc1. The number of nitrogens with zero attached hydrogens (tertiary/aromatic N) is 1. The van der Waals surface area contributed by atoms with E-state index < -0.39 is 0 Å². The predicted octanol–water partition coefficient (Wildman–Crippen LogP) is 2.25. The summed E-state index contributed by atoms with van der Waals surface area (Å²) in [6.07, 6.45) is 3.10. The molecule has 22 heavy (non-hydrogen) atoms. The van der Waals surface area contributed by atoms with Crippen LogP contribution in [0.5, 0.6) is 0 Å². The second kappa shape index (κ2) is 7.94. The molecule has 120 valence electrons. The van der Waals surface area contributed by atoms with E-state index in [4.69, 9.17) is 0 Å². The number of benzene rings is 1. The molecule has 0 aromatic heterocycles. The second-order valence-electron chi connectivity index (χ2n) is 5.55. The molecule has 5 heteroatoms. The summed E-state index contributed by atoms with van der Waals surface area (Å²) in [7, 11) is 0. The van der Waals surface area contributed by atoms with Crippen LogP contribution in [0.4, 0.5) is 5.69 Å². The lowest BCUT2D eigenvalue weighted by Crippen LogP contribution is -2.43. The van der Waals surface area contributed by atoms with Gasteiger partial charge in [0.2, 0.25) is 5.91 Å². The number of hydrogen-bond donors (Lipinski definition) is 2. The molecule has 0 radical (unpaired) electrons. The Morgan fingerprint density at radius 2 is 1.86 bits per heavy atom. The van der Waals surface area contributed by atoms with Gasteiger partial charge < -0.3 is 15.5 Å². The Hall–Kier alpha value is -1.88. The van der Waals surface area contributed by atoms with Gasteiger partial charge in [0.1, 0.15) is 0 Å². The number of rotatable bonds is 5. The van der Waals surface area contributed by atoms with Gasteiger partial charge in [-0.1, -0.05) is 6.42 Å². The van der Waals surface area contributed by atoms with Crippen molar-refractivity contribution < 1.29 is 9.59 Å². The summed E-state index contributed by atoms with van der Waals surface area (Å²) in [5, 5.41) is 6.13. The average molecular weight is 303 g/mol. The maximum atomic E-state index is 12.2. The van der Waals surface area contributed by atoms with Crippen molar-refractivity contribution in [3.8, 4) is 0 Å². The monoisotopic (exact) mass is 303 g/mol. The van der Waals surface area contributed by atoms with Crippen LogP contribution in [-0.4, -0.2) is 42.4 Å². The smallest absolute Gasteiger partial charge is 0.253 e. The van der Waals surface area contributed by atoms with Crippen LogP contribution in [0.15, 0.2) is 24.3 Å². The molecule has 0 unspecified atom stereocenters. The van der Waals surface area contributed by atoms with E-state index in [9.17, 15) is 9.59 Å². The molecule has 0 bridgehead atoms. The number of carbonyl (C=O) groups excluding carboxylic acids is 2. The molecule has 1 aromatic carbocycles. The highest BCUT2D eigenvalue weighted by atomic mass is 16.2. The Labute approximate surface area is 132 Å². The van der Waals surface area contributed by atoms with Crippen molar-refractivity contribution in [2.75, 3.05) is 25.0 Å². The number of nitrogens with one attached hydrogen (secondary N) is 2. The van der Waals surface area contributed by atoms with E-state index in [1.54, 1.807) is 29.2 Å². The molecular formula is C17H25N3O2. The van der Waals surface area contributed by atoms with Crippen LogP contribution in [0.1, 0.15) is 43.5 Å². The largest absolute Gasteiger partial charge is 0.339 e. The van der Waals surface area contributed by atoms with Gasteiger partial charge in [-0.25, -0.2) is 0 Å². The van der Waals surface area contributed by atoms with Crippen LogP contribution < -0.4 is 10.6 Å². The van der Waals surface area contributed by atoms with Crippen LogP contribution in [0.2, 0.25) is 0 Å². The minimum atomic E-state index is -0.106. The van der Waals surface area contributed by atoms with Crippen LogP contribution in [-0.2, 0) is 4.79 Å². The molecule has 1 saturated heterocycles. The summed E-state index contributed by atoms with van der Waals surface area (Å²) >= 11 is 0. The van der Waals surface area contributed by atoms with E-state index in [-0.39, 0.29) is 17.9 Å². The minimum Gasteiger partial charge on any atom is -0.339 e. The molecule has 1 aliphatic rings. The Morgan fingerprint density at radius 1 is 1.18 bits per heavy atom. The zero-order valence-corrected chi connectivity index (χ0v) is 13.4. The third-order valence-electron chi connectivity index (χ3n) is 4.08. The van der Waals surface area contributed by atoms with Gasteiger partial charge in [-0.05, 0) is 57.5 Å². The van der Waals surface area contributed by atoms with E-state index in [1.165, 1.54) is 0 Å². The molecule has 1 fully saturated rings. The first-order valence-electron chi connectivity index (χ1n) is 8.09. The molecule has 2 N–H and O–H groups in total. The van der Waals surface area contributed by atoms with Crippen molar-refractivity contribution in [3.05, 3.63) is 29.8 Å². The molecule has 5 nitrogen and oxygen atoms in total. The van der Waals surface area contributed by atoms with Gasteiger partial charge in [-0.2, -0.15) is 0 Å². The second-order valence-corrected chi connectivity index (χ2v) is 5.55. The molecule has 1 aliphatic heterocycles. The number of amides is 2. The number of hydrogen-bond acceptors (Lipinski definition) is 3. The highest BCUT2D eigenvalue weighted by Crippen LogP contribution is 2.14. The molecule has 1 aromatic rings. The molecular weight excluding hydrogens is 278 g/mol. The van der Waals surface area contributed by atoms with Gasteiger partial charge in [0, 0.05) is 24.3 Å². The van der Waals surface area contributed by atoms with E-state index in [0.29, 0.717) is 18.7 Å². The van der Waals surface area contributed by atoms with Crippen molar-refractivity contribution >= 4 is 17.5 Å². The molecule has 1 heterocycles. The van der Waals surface area contributed by atoms with Crippen LogP contribution in [0.3, 0.4) is 0 Å². The average Bonchev–Trinajstić information content (AvgIpc) is 2.57. The Morgan fingerprint density at radius 3 is 2.41 bits per heavy atom. The van der Waals surface area contributed by atoms with Gasteiger partial charge >= 0.3 is 0 Å². The maximum absolute atomic E-state index is 12.2. The number of anilines is 1. The summed E-state index contributed by atoms with van der Waals surface area (Å²) in [6.45, 7) is 6.22. The quantitative estimate of drug-likeness (QED) is 0.877. The van der Waals surface area contributed by atoms with E-state index in [1.807, 2.05) is 13.8 Å². The van der Waals surface area contributed by atoms with Crippen LogP contribution >= 0.6 is 0 Å². The first-order chi connectivity index (χ1) is 10.7. The first-order valence-corrected chi connectivity index (χ1v) is 8.09. The molecule has 0 aliphatic carbocycles. The number of piperidine rings is 1. The zero-order valence-electron chi connectivity index (χ0n) is 13.4. The summed E-state index contributed by atoms with van der Waals surface area (Å²) in [4.78, 5) is 26.1. The minimum absolute atomic E-state index is 0.00233. The fourth-order valence-corrected chi connectivity index (χ4v) is 2.69. The zero-order chi connectivity index (χ0) is 15.9. The molecule has 2 rings (SSSR count). The van der Waals surface area contributed by atoms with Crippen molar-refractivity contribution in [3.63, 3.8) is 0 Å². The number of carbonyl (C=O) groups is 2. The van der Waals surface area contributed by atoms with Gasteiger partial charge in [-0.3, -0.25) is 9.59 Å². The van der Waals surface area contributed by atoms with Gasteiger partial charge in [0.15, 0.2) is 0 Å². The fourth-order valence-electron chi connectivity index (χ4n) is 2.69. The Bertz CT molecular complexity index is 503. The van der Waals surface area contributed by atoms with Gasteiger partial charge in [0.25, 0.3) is 5.91 Å². The van der Waals surface area contributed by atoms with E-state index >= 15 is 0 Å². The first kappa shape index (κ1) is 16.5. The summed E-state index contributed by atoms with van der Waals surface area (Å²) in [5.41, 5.74) is 1.38. The highest BCUT2D eigenvalue weighted by molar-refractivity contribution is 5.97.